The van der Waals surface area contributed by atoms with Crippen molar-refractivity contribution in [3.05, 3.63) is 29.3 Å². The molecule has 0 amide bonds. The number of nitrogens with zero attached hydrogens (tertiary/aromatic N) is 3. The highest BCUT2D eigenvalue weighted by atomic mass is 35.5. The molecule has 1 N–H and O–H groups in total. The molecule has 0 radical (unpaired) electrons. The third-order valence-electron chi connectivity index (χ3n) is 5.38. The van der Waals surface area contributed by atoms with Crippen LogP contribution in [0.5, 0.6) is 0 Å². The number of anilines is 1. The van der Waals surface area contributed by atoms with Gasteiger partial charge in [-0.05, 0) is 57.1 Å². The largest absolute Gasteiger partial charge is 0.346 e. The Labute approximate surface area is 162 Å². The molecule has 138 valence electrons. The summed E-state index contributed by atoms with van der Waals surface area (Å²) in [5, 5.41) is 4.89. The van der Waals surface area contributed by atoms with E-state index in [9.17, 15) is 0 Å². The van der Waals surface area contributed by atoms with Gasteiger partial charge in [-0.15, -0.1) is 0 Å². The Morgan fingerprint density at radius 3 is 2.68 bits per heavy atom. The number of halogens is 1. The minimum Gasteiger partial charge on any atom is -0.346 e. The van der Waals surface area contributed by atoms with Crippen molar-refractivity contribution in [1.82, 2.24) is 14.7 Å². The van der Waals surface area contributed by atoms with E-state index in [2.05, 4.69) is 27.1 Å². The summed E-state index contributed by atoms with van der Waals surface area (Å²) in [7, 11) is 2.21. The summed E-state index contributed by atoms with van der Waals surface area (Å²) >= 11 is 12.0. The first-order valence-electron chi connectivity index (χ1n) is 9.36. The van der Waals surface area contributed by atoms with Gasteiger partial charge in [-0.3, -0.25) is 0 Å². The lowest BCUT2D eigenvalue weighted by atomic mass is 9.99. The molecule has 2 fully saturated rings. The van der Waals surface area contributed by atoms with Crippen LogP contribution in [0.3, 0.4) is 0 Å². The van der Waals surface area contributed by atoms with Gasteiger partial charge in [-0.2, -0.15) is 0 Å². The van der Waals surface area contributed by atoms with E-state index in [1.54, 1.807) is 0 Å². The highest BCUT2D eigenvalue weighted by Gasteiger charge is 2.25. The van der Waals surface area contributed by atoms with Crippen LogP contribution in [0, 0.1) is 0 Å². The molecule has 2 heterocycles. The van der Waals surface area contributed by atoms with Gasteiger partial charge in [0.15, 0.2) is 5.11 Å². The summed E-state index contributed by atoms with van der Waals surface area (Å²) < 4.78 is 0. The molecule has 0 saturated carbocycles. The molecule has 0 unspecified atom stereocenters. The molecule has 2 aliphatic heterocycles. The van der Waals surface area contributed by atoms with Crippen molar-refractivity contribution in [2.45, 2.75) is 31.7 Å². The number of likely N-dealkylation sites (tertiary alicyclic amines) is 1. The van der Waals surface area contributed by atoms with Crippen molar-refractivity contribution in [3.63, 3.8) is 0 Å². The highest BCUT2D eigenvalue weighted by molar-refractivity contribution is 7.80. The lowest BCUT2D eigenvalue weighted by Crippen LogP contribution is -2.49. The highest BCUT2D eigenvalue weighted by Crippen LogP contribution is 2.24. The topological polar surface area (TPSA) is 21.8 Å². The van der Waals surface area contributed by atoms with Gasteiger partial charge in [0.1, 0.15) is 0 Å². The first kappa shape index (κ1) is 18.9. The van der Waals surface area contributed by atoms with Crippen molar-refractivity contribution >= 4 is 34.6 Å². The molecule has 1 aromatic carbocycles. The maximum atomic E-state index is 6.27. The number of likely N-dealkylation sites (N-methyl/N-ethyl adjacent to an activating group) is 1. The van der Waals surface area contributed by atoms with E-state index in [1.165, 1.54) is 58.4 Å². The molecule has 0 aromatic heterocycles. The average molecular weight is 381 g/mol. The molecule has 1 atom stereocenters. The van der Waals surface area contributed by atoms with E-state index >= 15 is 0 Å². The monoisotopic (exact) mass is 380 g/mol. The van der Waals surface area contributed by atoms with E-state index in [0.29, 0.717) is 6.04 Å². The number of hydrogen-bond acceptors (Lipinski definition) is 3. The molecule has 0 aliphatic carbocycles. The normalized spacial score (nSPS) is 22.8. The van der Waals surface area contributed by atoms with E-state index in [-0.39, 0.29) is 0 Å². The van der Waals surface area contributed by atoms with Gasteiger partial charge in [-0.1, -0.05) is 23.7 Å². The number of rotatable bonds is 4. The van der Waals surface area contributed by atoms with E-state index in [0.717, 1.165) is 22.4 Å². The molecule has 6 heteroatoms. The fourth-order valence-electron chi connectivity index (χ4n) is 3.72. The van der Waals surface area contributed by atoms with Crippen molar-refractivity contribution in [3.8, 4) is 0 Å². The Balaban J connectivity index is 1.55. The Morgan fingerprint density at radius 1 is 1.16 bits per heavy atom. The zero-order valence-electron chi connectivity index (χ0n) is 15.1. The van der Waals surface area contributed by atoms with Crippen LogP contribution < -0.4 is 5.32 Å². The predicted octanol–water partition coefficient (Wildman–Crippen LogP) is 3.53. The average Bonchev–Trinajstić information content (AvgIpc) is 2.63. The summed E-state index contributed by atoms with van der Waals surface area (Å²) in [6, 6.07) is 8.34. The molecule has 3 rings (SSSR count). The summed E-state index contributed by atoms with van der Waals surface area (Å²) in [6.45, 7) is 6.95. The second kappa shape index (κ2) is 9.17. The first-order valence-corrected chi connectivity index (χ1v) is 10.1. The zero-order chi connectivity index (χ0) is 17.6. The number of hydrogen-bond donors (Lipinski definition) is 1. The second-order valence-corrected chi connectivity index (χ2v) is 7.98. The third kappa shape index (κ3) is 5.30. The lowest BCUT2D eigenvalue weighted by molar-refractivity contribution is 0.135. The SMILES string of the molecule is CN1CCN(CC[C@@H]2CCCCN2C(=S)Nc2ccccc2Cl)CC1. The first-order chi connectivity index (χ1) is 12.1. The van der Waals surface area contributed by atoms with E-state index < -0.39 is 0 Å². The predicted molar refractivity (Wildman–Crippen MR) is 111 cm³/mol. The summed E-state index contributed by atoms with van der Waals surface area (Å²) in [5.74, 6) is 0. The van der Waals surface area contributed by atoms with Crippen LogP contribution in [0.2, 0.25) is 5.02 Å². The fourth-order valence-corrected chi connectivity index (χ4v) is 4.25. The smallest absolute Gasteiger partial charge is 0.173 e. The molecule has 2 saturated heterocycles. The molecule has 1 aromatic rings. The standard InChI is InChI=1S/C19H29ClN4S/c1-22-12-14-23(15-13-22)11-9-16-6-4-5-10-24(16)19(25)21-18-8-3-2-7-17(18)20/h2-3,7-8,16H,4-6,9-15H2,1H3,(H,21,25)/t16-/m0/s1. The molecule has 0 spiro atoms. The number of benzene rings is 1. The molecular formula is C19H29ClN4S. The number of piperidine rings is 1. The Morgan fingerprint density at radius 2 is 1.92 bits per heavy atom. The van der Waals surface area contributed by atoms with Gasteiger partial charge in [0.25, 0.3) is 0 Å². The van der Waals surface area contributed by atoms with Crippen LogP contribution >= 0.6 is 23.8 Å². The Hall–Kier alpha value is -0.880. The quantitative estimate of drug-likeness (QED) is 0.804. The van der Waals surface area contributed by atoms with Crippen LogP contribution in [-0.2, 0) is 0 Å². The van der Waals surface area contributed by atoms with Gasteiger partial charge in [0.05, 0.1) is 10.7 Å². The second-order valence-electron chi connectivity index (χ2n) is 7.19. The number of piperazine rings is 1. The molecule has 4 nitrogen and oxygen atoms in total. The number of para-hydroxylation sites is 1. The Kier molecular flexibility index (Phi) is 6.93. The van der Waals surface area contributed by atoms with E-state index in [4.69, 9.17) is 23.8 Å². The van der Waals surface area contributed by atoms with Gasteiger partial charge in [0, 0.05) is 45.3 Å². The summed E-state index contributed by atoms with van der Waals surface area (Å²) in [5.41, 5.74) is 0.901. The number of nitrogens with one attached hydrogen (secondary N) is 1. The molecule has 2 aliphatic rings. The van der Waals surface area contributed by atoms with Crippen LogP contribution in [0.1, 0.15) is 25.7 Å². The van der Waals surface area contributed by atoms with Crippen molar-refractivity contribution in [1.29, 1.82) is 0 Å². The van der Waals surface area contributed by atoms with E-state index in [1.807, 2.05) is 24.3 Å². The zero-order valence-corrected chi connectivity index (χ0v) is 16.7. The lowest BCUT2D eigenvalue weighted by Gasteiger charge is -2.39. The van der Waals surface area contributed by atoms with Crippen molar-refractivity contribution in [2.75, 3.05) is 51.6 Å². The Bertz CT molecular complexity index is 574. The minimum absolute atomic E-state index is 0.538. The van der Waals surface area contributed by atoms with Crippen molar-refractivity contribution < 1.29 is 0 Å². The molecule has 25 heavy (non-hydrogen) atoms. The summed E-state index contributed by atoms with van der Waals surface area (Å²) in [6.07, 6.45) is 4.94. The number of thiocarbonyl (C=S) groups is 1. The third-order valence-corrected chi connectivity index (χ3v) is 6.04. The van der Waals surface area contributed by atoms with Gasteiger partial charge in [0.2, 0.25) is 0 Å². The minimum atomic E-state index is 0.538. The van der Waals surface area contributed by atoms with Crippen LogP contribution in [0.4, 0.5) is 5.69 Å². The van der Waals surface area contributed by atoms with Gasteiger partial charge in [-0.25, -0.2) is 0 Å². The summed E-state index contributed by atoms with van der Waals surface area (Å²) in [4.78, 5) is 7.39. The van der Waals surface area contributed by atoms with Crippen LogP contribution in [0.25, 0.3) is 0 Å². The molecular weight excluding hydrogens is 352 g/mol. The van der Waals surface area contributed by atoms with Crippen LogP contribution in [-0.4, -0.2) is 72.2 Å². The van der Waals surface area contributed by atoms with Crippen LogP contribution in [0.15, 0.2) is 24.3 Å². The fraction of sp³-hybridized carbons (Fsp3) is 0.632. The van der Waals surface area contributed by atoms with Gasteiger partial charge < -0.3 is 20.0 Å². The van der Waals surface area contributed by atoms with Gasteiger partial charge >= 0.3 is 0 Å². The maximum absolute atomic E-state index is 6.27. The maximum Gasteiger partial charge on any atom is 0.173 e. The molecule has 0 bridgehead atoms. The van der Waals surface area contributed by atoms with Crippen molar-refractivity contribution in [2.24, 2.45) is 0 Å².